The molecule has 0 atom stereocenters. The fourth-order valence-corrected chi connectivity index (χ4v) is 4.08. The van der Waals surface area contributed by atoms with Crippen LogP contribution in [-0.2, 0) is 19.3 Å². The average Bonchev–Trinajstić information content (AvgIpc) is 3.18. The lowest BCUT2D eigenvalue weighted by Gasteiger charge is -2.10. The number of aryl methyl sites for hydroxylation is 3. The van der Waals surface area contributed by atoms with E-state index < -0.39 is 5.97 Å². The number of fused-ring (bicyclic) bond motifs is 1. The van der Waals surface area contributed by atoms with Crippen LogP contribution in [0.4, 0.5) is 0 Å². The van der Waals surface area contributed by atoms with Crippen molar-refractivity contribution in [2.75, 3.05) is 0 Å². The molecule has 3 aromatic carbocycles. The molecule has 4 aromatic rings. The van der Waals surface area contributed by atoms with Gasteiger partial charge in [0.1, 0.15) is 5.82 Å². The van der Waals surface area contributed by atoms with Crippen molar-refractivity contribution in [1.82, 2.24) is 9.97 Å². The van der Waals surface area contributed by atoms with Gasteiger partial charge in [0.2, 0.25) is 0 Å². The highest BCUT2D eigenvalue weighted by Crippen LogP contribution is 2.27. The standard InChI is InChI=1S/C27H28N2O2/c1-18-16-24-26(23(19(18)2)17-21-12-14-22(15-13-21)27(30)31)29-25(28-24)11-7-6-10-20-8-4-3-5-9-20/h3-5,8-9,12-16H,6-7,10-11,17H2,1-2H3,(H,28,29)(H,30,31). The Balaban J connectivity index is 1.51. The Kier molecular flexibility index (Phi) is 6.17. The first-order valence-electron chi connectivity index (χ1n) is 10.8. The minimum absolute atomic E-state index is 0.312. The Hall–Kier alpha value is -3.40. The third-order valence-electron chi connectivity index (χ3n) is 6.03. The van der Waals surface area contributed by atoms with Gasteiger partial charge >= 0.3 is 5.97 Å². The first-order valence-corrected chi connectivity index (χ1v) is 10.8. The lowest BCUT2D eigenvalue weighted by Crippen LogP contribution is -1.99. The molecule has 0 amide bonds. The summed E-state index contributed by atoms with van der Waals surface area (Å²) in [6.45, 7) is 4.27. The Morgan fingerprint density at radius 1 is 0.935 bits per heavy atom. The van der Waals surface area contributed by atoms with Gasteiger partial charge in [-0.2, -0.15) is 0 Å². The van der Waals surface area contributed by atoms with Crippen molar-refractivity contribution >= 4 is 17.0 Å². The number of carboxylic acids is 1. The molecule has 0 unspecified atom stereocenters. The van der Waals surface area contributed by atoms with E-state index in [-0.39, 0.29) is 0 Å². The Bertz CT molecular complexity index is 1190. The van der Waals surface area contributed by atoms with Crippen molar-refractivity contribution in [2.45, 2.75) is 46.0 Å². The predicted octanol–water partition coefficient (Wildman–Crippen LogP) is 6.03. The highest BCUT2D eigenvalue weighted by molar-refractivity contribution is 5.87. The van der Waals surface area contributed by atoms with Crippen LogP contribution in [0.1, 0.15) is 56.8 Å². The fourth-order valence-electron chi connectivity index (χ4n) is 4.08. The number of hydrogen-bond acceptors (Lipinski definition) is 2. The molecule has 0 fully saturated rings. The summed E-state index contributed by atoms with van der Waals surface area (Å²) < 4.78 is 0. The number of aromatic amines is 1. The zero-order valence-electron chi connectivity index (χ0n) is 18.1. The van der Waals surface area contributed by atoms with Crippen molar-refractivity contribution in [2.24, 2.45) is 0 Å². The maximum Gasteiger partial charge on any atom is 0.335 e. The summed E-state index contributed by atoms with van der Waals surface area (Å²) in [6.07, 6.45) is 5.01. The van der Waals surface area contributed by atoms with Crippen molar-refractivity contribution in [3.05, 3.63) is 99.9 Å². The number of aromatic nitrogens is 2. The Morgan fingerprint density at radius 2 is 1.65 bits per heavy atom. The van der Waals surface area contributed by atoms with Gasteiger partial charge in [0, 0.05) is 6.42 Å². The van der Waals surface area contributed by atoms with Crippen molar-refractivity contribution < 1.29 is 9.90 Å². The molecule has 0 bridgehead atoms. The number of imidazole rings is 1. The van der Waals surface area contributed by atoms with Gasteiger partial charge in [0.15, 0.2) is 0 Å². The predicted molar refractivity (Wildman–Crippen MR) is 125 cm³/mol. The smallest absolute Gasteiger partial charge is 0.335 e. The number of nitrogens with one attached hydrogen (secondary N) is 1. The Morgan fingerprint density at radius 3 is 2.35 bits per heavy atom. The maximum atomic E-state index is 11.1. The van der Waals surface area contributed by atoms with Gasteiger partial charge in [-0.05, 0) is 85.5 Å². The lowest BCUT2D eigenvalue weighted by atomic mass is 9.95. The molecule has 0 radical (unpaired) electrons. The van der Waals surface area contributed by atoms with Crippen LogP contribution in [0.2, 0.25) is 0 Å². The molecule has 4 rings (SSSR count). The molecule has 158 valence electrons. The molecule has 0 aliphatic carbocycles. The zero-order chi connectivity index (χ0) is 21.8. The van der Waals surface area contributed by atoms with E-state index in [0.29, 0.717) is 5.56 Å². The molecule has 2 N–H and O–H groups in total. The Labute approximate surface area is 183 Å². The number of H-pyrrole nitrogens is 1. The number of hydrogen-bond donors (Lipinski definition) is 2. The molecule has 4 nitrogen and oxygen atoms in total. The van der Waals surface area contributed by atoms with Gasteiger partial charge in [0.05, 0.1) is 16.6 Å². The summed E-state index contributed by atoms with van der Waals surface area (Å²) in [5, 5.41) is 9.13. The highest BCUT2D eigenvalue weighted by Gasteiger charge is 2.14. The van der Waals surface area contributed by atoms with Crippen LogP contribution in [0.3, 0.4) is 0 Å². The van der Waals surface area contributed by atoms with Crippen molar-refractivity contribution in [3.8, 4) is 0 Å². The summed E-state index contributed by atoms with van der Waals surface area (Å²) in [6, 6.07) is 19.9. The third kappa shape index (κ3) is 4.85. The molecule has 1 aromatic heterocycles. The van der Waals surface area contributed by atoms with Crippen molar-refractivity contribution in [1.29, 1.82) is 0 Å². The van der Waals surface area contributed by atoms with Crippen LogP contribution in [-0.4, -0.2) is 21.0 Å². The van der Waals surface area contributed by atoms with E-state index in [1.165, 1.54) is 22.3 Å². The first kappa shape index (κ1) is 20.9. The van der Waals surface area contributed by atoms with Crippen LogP contribution >= 0.6 is 0 Å². The second-order valence-electron chi connectivity index (χ2n) is 8.25. The van der Waals surface area contributed by atoms with Crippen LogP contribution < -0.4 is 0 Å². The van der Waals surface area contributed by atoms with Crippen LogP contribution in [0, 0.1) is 13.8 Å². The summed E-state index contributed by atoms with van der Waals surface area (Å²) in [7, 11) is 0. The summed E-state index contributed by atoms with van der Waals surface area (Å²) in [4.78, 5) is 19.6. The van der Waals surface area contributed by atoms with Crippen LogP contribution in [0.25, 0.3) is 11.0 Å². The lowest BCUT2D eigenvalue weighted by molar-refractivity contribution is 0.0697. The van der Waals surface area contributed by atoms with E-state index in [1.807, 2.05) is 12.1 Å². The number of aromatic carboxylic acids is 1. The quantitative estimate of drug-likeness (QED) is 0.347. The van der Waals surface area contributed by atoms with E-state index in [0.717, 1.165) is 54.5 Å². The average molecular weight is 413 g/mol. The van der Waals surface area contributed by atoms with Crippen molar-refractivity contribution in [3.63, 3.8) is 0 Å². The SMILES string of the molecule is Cc1cc2[nH]c(CCCCc3ccccc3)nc2c(Cc2ccc(C(=O)O)cc2)c1C. The molecule has 0 aliphatic heterocycles. The van der Waals surface area contributed by atoms with Gasteiger partial charge in [-0.25, -0.2) is 9.78 Å². The molecule has 0 saturated carbocycles. The molecule has 0 saturated heterocycles. The zero-order valence-corrected chi connectivity index (χ0v) is 18.1. The minimum Gasteiger partial charge on any atom is -0.478 e. The van der Waals surface area contributed by atoms with Crippen LogP contribution in [0.15, 0.2) is 60.7 Å². The van der Waals surface area contributed by atoms with E-state index in [9.17, 15) is 4.79 Å². The largest absolute Gasteiger partial charge is 0.478 e. The number of nitrogens with zero attached hydrogens (tertiary/aromatic N) is 1. The molecule has 0 aliphatic rings. The van der Waals surface area contributed by atoms with E-state index in [4.69, 9.17) is 10.1 Å². The normalized spacial score (nSPS) is 11.2. The number of benzene rings is 3. The molecule has 31 heavy (non-hydrogen) atoms. The summed E-state index contributed by atoms with van der Waals surface area (Å²) >= 11 is 0. The minimum atomic E-state index is -0.898. The van der Waals surface area contributed by atoms with Gasteiger partial charge in [0.25, 0.3) is 0 Å². The maximum absolute atomic E-state index is 11.1. The molecular weight excluding hydrogens is 384 g/mol. The van der Waals surface area contributed by atoms with Gasteiger partial charge in [-0.3, -0.25) is 0 Å². The van der Waals surface area contributed by atoms with Gasteiger partial charge in [-0.1, -0.05) is 42.5 Å². The molecule has 4 heteroatoms. The topological polar surface area (TPSA) is 66.0 Å². The van der Waals surface area contributed by atoms with Gasteiger partial charge < -0.3 is 10.1 Å². The number of carbonyl (C=O) groups is 1. The summed E-state index contributed by atoms with van der Waals surface area (Å²) in [5.41, 5.74) is 8.60. The molecule has 0 spiro atoms. The molecule has 1 heterocycles. The fraction of sp³-hybridized carbons (Fsp3) is 0.259. The molecular formula is C27H28N2O2. The van der Waals surface area contributed by atoms with Crippen LogP contribution in [0.5, 0.6) is 0 Å². The van der Waals surface area contributed by atoms with E-state index >= 15 is 0 Å². The first-order chi connectivity index (χ1) is 15.0. The third-order valence-corrected chi connectivity index (χ3v) is 6.03. The number of unbranched alkanes of at least 4 members (excludes halogenated alkanes) is 1. The second-order valence-corrected chi connectivity index (χ2v) is 8.25. The van der Waals surface area contributed by atoms with E-state index in [1.54, 1.807) is 12.1 Å². The summed E-state index contributed by atoms with van der Waals surface area (Å²) in [5.74, 6) is 0.139. The second kappa shape index (κ2) is 9.17. The number of carboxylic acid groups (broad SMARTS) is 1. The monoisotopic (exact) mass is 412 g/mol. The van der Waals surface area contributed by atoms with Gasteiger partial charge in [-0.15, -0.1) is 0 Å². The number of rotatable bonds is 8. The highest BCUT2D eigenvalue weighted by atomic mass is 16.4. The van der Waals surface area contributed by atoms with E-state index in [2.05, 4.69) is 55.2 Å².